The van der Waals surface area contributed by atoms with Crippen LogP contribution in [-0.2, 0) is 13.5 Å². The molecule has 0 aromatic heterocycles. The fourth-order valence-corrected chi connectivity index (χ4v) is 0. The molecular weight excluding hydrogens is 196 g/mol. The first-order chi connectivity index (χ1) is 1.73. The molecule has 3 heteroatoms. The molecule has 0 saturated heterocycles. The average Bonchev–Trinajstić information content (AvgIpc) is 0.811. The van der Waals surface area contributed by atoms with Gasteiger partial charge >= 0.3 is 38.0 Å². The molecule has 0 spiro atoms. The van der Waals surface area contributed by atoms with Crippen LogP contribution in [0.3, 0.4) is 0 Å². The van der Waals surface area contributed by atoms with Crippen molar-refractivity contribution in [3.63, 3.8) is 0 Å². The van der Waals surface area contributed by atoms with Crippen LogP contribution < -0.4 is 0 Å². The zero-order valence-corrected chi connectivity index (χ0v) is 6.07. The summed E-state index contributed by atoms with van der Waals surface area (Å²) in [5.41, 5.74) is 0. The molecule has 0 aliphatic rings. The van der Waals surface area contributed by atoms with Gasteiger partial charge < -0.3 is 7.43 Å². The van der Waals surface area contributed by atoms with Crippen LogP contribution in [0.4, 0.5) is 0 Å². The van der Waals surface area contributed by atoms with Crippen LogP contribution in [0.25, 0.3) is 0 Å². The second-order valence-corrected chi connectivity index (χ2v) is 6.04. The Kier molecular flexibility index (Phi) is 9.56. The first-order valence-electron chi connectivity index (χ1n) is 0.517. The normalized spacial score (nSPS) is 8.80. The number of hydrogen-bond acceptors (Lipinski definition) is 0. The first kappa shape index (κ1) is 9.42. The topological polar surface area (TPSA) is 0 Å². The molecule has 0 fully saturated rings. The van der Waals surface area contributed by atoms with E-state index in [0.29, 0.717) is 0 Å². The molecule has 0 rings (SSSR count). The van der Waals surface area contributed by atoms with E-state index in [1.54, 1.807) is 0 Å². The summed E-state index contributed by atoms with van der Waals surface area (Å²) >= 11 is -1.48. The summed E-state index contributed by atoms with van der Waals surface area (Å²) in [7, 11) is 10.1. The number of hydrogen-bond donors (Lipinski definition) is 0. The maximum absolute atomic E-state index is 5.07. The number of rotatable bonds is 0. The minimum atomic E-state index is -1.48. The smallest absolute Gasteiger partial charge is 0.358 e. The Morgan fingerprint density at radius 3 is 1.40 bits per heavy atom. The molecule has 0 aliphatic heterocycles. The van der Waals surface area contributed by atoms with E-state index >= 15 is 0 Å². The number of halogens is 2. The third kappa shape index (κ3) is 41.6. The van der Waals surface area contributed by atoms with Gasteiger partial charge in [0, 0.05) is 0 Å². The van der Waals surface area contributed by atoms with E-state index in [9.17, 15) is 0 Å². The van der Waals surface area contributed by atoms with E-state index in [1.807, 2.05) is 0 Å². The van der Waals surface area contributed by atoms with Gasteiger partial charge in [0.2, 0.25) is 0 Å². The summed E-state index contributed by atoms with van der Waals surface area (Å²) < 4.78 is 0. The van der Waals surface area contributed by atoms with Crippen LogP contribution in [-0.4, -0.2) is 5.11 Å². The van der Waals surface area contributed by atoms with Gasteiger partial charge in [0.15, 0.2) is 0 Å². The molecular formula is C2H5Cl2Ru-. The standard InChI is InChI=1S/CH3.CH2.2ClH.Ru/h1H3;1H2;2*1H;/q-1;;;;+2/p-2. The fraction of sp³-hybridized carbons (Fsp3) is 0. The van der Waals surface area contributed by atoms with E-state index in [1.165, 1.54) is 0 Å². The second-order valence-electron chi connectivity index (χ2n) is 0.239. The zero-order valence-electron chi connectivity index (χ0n) is 2.82. The zero-order chi connectivity index (χ0) is 3.58. The van der Waals surface area contributed by atoms with Crippen molar-refractivity contribution in [2.45, 2.75) is 0 Å². The molecule has 0 N–H and O–H groups in total. The molecule has 0 heterocycles. The van der Waals surface area contributed by atoms with Crippen molar-refractivity contribution >= 4 is 24.5 Å². The van der Waals surface area contributed by atoms with Gasteiger partial charge in [0.25, 0.3) is 0 Å². The van der Waals surface area contributed by atoms with Gasteiger partial charge in [-0.1, -0.05) is 0 Å². The SMILES string of the molecule is [CH2]=[Ru]([Cl])[Cl].[CH3-]. The third-order valence-electron chi connectivity index (χ3n) is 0. The van der Waals surface area contributed by atoms with E-state index in [-0.39, 0.29) is 7.43 Å². The molecule has 0 aromatic carbocycles. The van der Waals surface area contributed by atoms with E-state index in [4.69, 9.17) is 19.4 Å². The maximum Gasteiger partial charge on any atom is -0.358 e. The molecule has 0 bridgehead atoms. The van der Waals surface area contributed by atoms with E-state index in [0.717, 1.165) is 0 Å². The van der Waals surface area contributed by atoms with Crippen LogP contribution in [0.5, 0.6) is 0 Å². The van der Waals surface area contributed by atoms with Crippen molar-refractivity contribution in [3.8, 4) is 0 Å². The van der Waals surface area contributed by atoms with Gasteiger partial charge in [0.1, 0.15) is 0 Å². The van der Waals surface area contributed by atoms with Crippen LogP contribution >= 0.6 is 19.4 Å². The summed E-state index contributed by atoms with van der Waals surface area (Å²) in [4.78, 5) is 0. The van der Waals surface area contributed by atoms with Crippen molar-refractivity contribution in [1.82, 2.24) is 0 Å². The molecule has 0 aromatic rings. The monoisotopic (exact) mass is 201 g/mol. The maximum atomic E-state index is 5.07. The molecule has 0 amide bonds. The van der Waals surface area contributed by atoms with Crippen LogP contribution in [0.2, 0.25) is 0 Å². The summed E-state index contributed by atoms with van der Waals surface area (Å²) in [6, 6.07) is 0. The molecule has 0 atom stereocenters. The van der Waals surface area contributed by atoms with E-state index < -0.39 is 13.5 Å². The summed E-state index contributed by atoms with van der Waals surface area (Å²) in [6.07, 6.45) is 0. The summed E-state index contributed by atoms with van der Waals surface area (Å²) in [6.45, 7) is 0. The Hall–Kier alpha value is 1.07. The Labute approximate surface area is 45.6 Å². The quantitative estimate of drug-likeness (QED) is 0.414. The Balaban J connectivity index is 0. The van der Waals surface area contributed by atoms with Crippen molar-refractivity contribution in [1.29, 1.82) is 0 Å². The Bertz CT molecular complexity index is 30.6. The van der Waals surface area contributed by atoms with Gasteiger partial charge in [-0.15, -0.1) is 0 Å². The van der Waals surface area contributed by atoms with Gasteiger partial charge in [-0.2, -0.15) is 0 Å². The minimum absolute atomic E-state index is 0. The predicted molar refractivity (Wildman–Crippen MR) is 25.2 cm³/mol. The van der Waals surface area contributed by atoms with Crippen molar-refractivity contribution in [2.24, 2.45) is 0 Å². The Morgan fingerprint density at radius 2 is 1.40 bits per heavy atom. The van der Waals surface area contributed by atoms with Crippen LogP contribution in [0.15, 0.2) is 0 Å². The summed E-state index contributed by atoms with van der Waals surface area (Å²) in [5.74, 6) is 0. The van der Waals surface area contributed by atoms with Crippen molar-refractivity contribution in [2.75, 3.05) is 0 Å². The fourth-order valence-electron chi connectivity index (χ4n) is 0. The molecule has 0 unspecified atom stereocenters. The van der Waals surface area contributed by atoms with Crippen molar-refractivity contribution < 1.29 is 13.5 Å². The van der Waals surface area contributed by atoms with E-state index in [2.05, 4.69) is 5.11 Å². The second kappa shape index (κ2) is 5.07. The molecule has 0 radical (unpaired) electrons. The van der Waals surface area contributed by atoms with Gasteiger partial charge in [0.05, 0.1) is 0 Å². The average molecular weight is 201 g/mol. The molecule has 0 aliphatic carbocycles. The molecule has 0 nitrogen and oxygen atoms in total. The predicted octanol–water partition coefficient (Wildman–Crippen LogP) is 1.79. The molecule has 5 heavy (non-hydrogen) atoms. The van der Waals surface area contributed by atoms with Gasteiger partial charge in [-0.25, -0.2) is 0 Å². The van der Waals surface area contributed by atoms with Crippen LogP contribution in [0, 0.1) is 7.43 Å². The van der Waals surface area contributed by atoms with Crippen molar-refractivity contribution in [3.05, 3.63) is 7.43 Å². The molecule has 0 saturated carbocycles. The van der Waals surface area contributed by atoms with Crippen LogP contribution in [0.1, 0.15) is 0 Å². The van der Waals surface area contributed by atoms with Gasteiger partial charge in [-0.3, -0.25) is 0 Å². The largest absolute Gasteiger partial charge is 0.358 e. The molecule has 36 valence electrons. The minimum Gasteiger partial charge on any atom is -0.358 e. The third-order valence-corrected chi connectivity index (χ3v) is 0. The van der Waals surface area contributed by atoms with Gasteiger partial charge in [-0.05, 0) is 0 Å². The summed E-state index contributed by atoms with van der Waals surface area (Å²) in [5, 5.41) is 3.31. The Morgan fingerprint density at radius 1 is 1.40 bits per heavy atom. The first-order valence-corrected chi connectivity index (χ1v) is 6.22.